The number of nitrogens with zero attached hydrogens (tertiary/aromatic N) is 2. The average molecular weight is 241 g/mol. The van der Waals surface area contributed by atoms with E-state index in [0.29, 0.717) is 0 Å². The van der Waals surface area contributed by atoms with E-state index in [1.54, 1.807) is 0 Å². The van der Waals surface area contributed by atoms with E-state index in [9.17, 15) is 0 Å². The van der Waals surface area contributed by atoms with Gasteiger partial charge in [-0.05, 0) is 78.9 Å². The molecule has 0 radical (unpaired) electrons. The maximum absolute atomic E-state index is 3.47. The van der Waals surface area contributed by atoms with Crippen LogP contribution >= 0.6 is 0 Å². The molecule has 0 bridgehead atoms. The molecule has 0 atom stereocenters. The molecule has 0 aliphatic carbocycles. The molecule has 17 heavy (non-hydrogen) atoms. The normalized spacial score (nSPS) is 19.1. The Labute approximate surface area is 108 Å². The number of piperidine rings is 1. The summed E-state index contributed by atoms with van der Waals surface area (Å²) in [5.41, 5.74) is 0. The zero-order chi connectivity index (χ0) is 12.5. The summed E-state index contributed by atoms with van der Waals surface area (Å²) in [6.07, 6.45) is 6.62. The summed E-state index contributed by atoms with van der Waals surface area (Å²) in [6.45, 7) is 8.49. The van der Waals surface area contributed by atoms with Gasteiger partial charge in [0.15, 0.2) is 0 Å². The van der Waals surface area contributed by atoms with Crippen molar-refractivity contribution in [1.82, 2.24) is 15.1 Å². The minimum absolute atomic E-state index is 0.817. The summed E-state index contributed by atoms with van der Waals surface area (Å²) in [5, 5.41) is 3.47. The van der Waals surface area contributed by atoms with Crippen LogP contribution in [0.5, 0.6) is 0 Å². The second-order valence-corrected chi connectivity index (χ2v) is 5.49. The highest BCUT2D eigenvalue weighted by Crippen LogP contribution is 2.14. The largest absolute Gasteiger partial charge is 0.317 e. The van der Waals surface area contributed by atoms with Crippen LogP contribution in [0.4, 0.5) is 0 Å². The Kier molecular flexibility index (Phi) is 7.82. The molecule has 1 heterocycles. The van der Waals surface area contributed by atoms with Gasteiger partial charge >= 0.3 is 0 Å². The van der Waals surface area contributed by atoms with Crippen LogP contribution in [0.1, 0.15) is 39.0 Å². The molecule has 0 amide bonds. The predicted molar refractivity (Wildman–Crippen MR) is 75.5 cm³/mol. The van der Waals surface area contributed by atoms with Crippen LogP contribution in [0.3, 0.4) is 0 Å². The van der Waals surface area contributed by atoms with E-state index in [-0.39, 0.29) is 0 Å². The molecule has 0 unspecified atom stereocenters. The summed E-state index contributed by atoms with van der Waals surface area (Å²) < 4.78 is 0. The first kappa shape index (κ1) is 14.9. The minimum Gasteiger partial charge on any atom is -0.317 e. The van der Waals surface area contributed by atoms with Crippen molar-refractivity contribution in [2.45, 2.75) is 45.1 Å². The van der Waals surface area contributed by atoms with Crippen LogP contribution in [0.15, 0.2) is 0 Å². The Morgan fingerprint density at radius 2 is 1.82 bits per heavy atom. The fourth-order valence-electron chi connectivity index (χ4n) is 2.55. The highest BCUT2D eigenvalue weighted by atomic mass is 15.2. The zero-order valence-corrected chi connectivity index (χ0v) is 12.0. The van der Waals surface area contributed by atoms with Gasteiger partial charge in [0, 0.05) is 6.04 Å². The second-order valence-electron chi connectivity index (χ2n) is 5.49. The highest BCUT2D eigenvalue weighted by molar-refractivity contribution is 4.76. The SMILES string of the molecule is CCCNCCCCN1CCC(N(C)C)CC1. The minimum atomic E-state index is 0.817. The molecule has 3 heteroatoms. The van der Waals surface area contributed by atoms with E-state index in [0.717, 1.165) is 6.04 Å². The molecule has 0 spiro atoms. The van der Waals surface area contributed by atoms with E-state index >= 15 is 0 Å². The van der Waals surface area contributed by atoms with Gasteiger partial charge < -0.3 is 15.1 Å². The molecular weight excluding hydrogens is 210 g/mol. The molecule has 3 nitrogen and oxygen atoms in total. The Balaban J connectivity index is 1.95. The van der Waals surface area contributed by atoms with Gasteiger partial charge in [-0.3, -0.25) is 0 Å². The van der Waals surface area contributed by atoms with E-state index in [2.05, 4.69) is 36.1 Å². The number of rotatable bonds is 8. The Hall–Kier alpha value is -0.120. The van der Waals surface area contributed by atoms with Crippen LogP contribution in [0.25, 0.3) is 0 Å². The van der Waals surface area contributed by atoms with Crippen molar-refractivity contribution >= 4 is 0 Å². The molecule has 1 aliphatic rings. The smallest absolute Gasteiger partial charge is 0.0113 e. The van der Waals surface area contributed by atoms with Crippen molar-refractivity contribution in [2.24, 2.45) is 0 Å². The molecule has 1 rings (SSSR count). The summed E-state index contributed by atoms with van der Waals surface area (Å²) in [5.74, 6) is 0. The first-order chi connectivity index (χ1) is 8.24. The van der Waals surface area contributed by atoms with Gasteiger partial charge in [-0.15, -0.1) is 0 Å². The summed E-state index contributed by atoms with van der Waals surface area (Å²) in [4.78, 5) is 5.02. The number of hydrogen-bond donors (Lipinski definition) is 1. The number of nitrogens with one attached hydrogen (secondary N) is 1. The molecule has 1 aliphatic heterocycles. The quantitative estimate of drug-likeness (QED) is 0.654. The van der Waals surface area contributed by atoms with Gasteiger partial charge in [-0.1, -0.05) is 6.92 Å². The number of hydrogen-bond acceptors (Lipinski definition) is 3. The predicted octanol–water partition coefficient (Wildman–Crippen LogP) is 1.79. The molecule has 102 valence electrons. The molecule has 1 saturated heterocycles. The van der Waals surface area contributed by atoms with Crippen LogP contribution in [-0.2, 0) is 0 Å². The van der Waals surface area contributed by atoms with Crippen molar-refractivity contribution in [1.29, 1.82) is 0 Å². The Morgan fingerprint density at radius 3 is 2.41 bits per heavy atom. The van der Waals surface area contributed by atoms with Crippen molar-refractivity contribution in [3.63, 3.8) is 0 Å². The first-order valence-electron chi connectivity index (χ1n) is 7.33. The Bertz CT molecular complexity index is 174. The van der Waals surface area contributed by atoms with Crippen LogP contribution < -0.4 is 5.32 Å². The standard InChI is InChI=1S/C14H31N3/c1-4-9-15-10-5-6-11-17-12-7-14(8-13-17)16(2)3/h14-15H,4-13H2,1-3H3. The zero-order valence-electron chi connectivity index (χ0n) is 12.0. The lowest BCUT2D eigenvalue weighted by atomic mass is 10.0. The van der Waals surface area contributed by atoms with Gasteiger partial charge in [0.2, 0.25) is 0 Å². The fraction of sp³-hybridized carbons (Fsp3) is 1.00. The van der Waals surface area contributed by atoms with Gasteiger partial charge in [0.25, 0.3) is 0 Å². The molecule has 0 saturated carbocycles. The van der Waals surface area contributed by atoms with Gasteiger partial charge in [-0.25, -0.2) is 0 Å². The number of unbranched alkanes of at least 4 members (excludes halogenated alkanes) is 1. The lowest BCUT2D eigenvalue weighted by molar-refractivity contribution is 0.143. The van der Waals surface area contributed by atoms with Gasteiger partial charge in [0.1, 0.15) is 0 Å². The maximum atomic E-state index is 3.47. The number of likely N-dealkylation sites (tertiary alicyclic amines) is 1. The summed E-state index contributed by atoms with van der Waals surface area (Å²) >= 11 is 0. The third kappa shape index (κ3) is 6.39. The maximum Gasteiger partial charge on any atom is 0.0113 e. The van der Waals surface area contributed by atoms with Crippen molar-refractivity contribution in [3.05, 3.63) is 0 Å². The lowest BCUT2D eigenvalue weighted by Crippen LogP contribution is -2.42. The highest BCUT2D eigenvalue weighted by Gasteiger charge is 2.19. The van der Waals surface area contributed by atoms with Gasteiger partial charge in [-0.2, -0.15) is 0 Å². The van der Waals surface area contributed by atoms with E-state index in [4.69, 9.17) is 0 Å². The van der Waals surface area contributed by atoms with E-state index in [1.807, 2.05) is 0 Å². The first-order valence-corrected chi connectivity index (χ1v) is 7.33. The second kappa shape index (κ2) is 8.90. The molecule has 0 aromatic heterocycles. The van der Waals surface area contributed by atoms with Crippen LogP contribution in [0.2, 0.25) is 0 Å². The van der Waals surface area contributed by atoms with E-state index < -0.39 is 0 Å². The molecule has 1 fully saturated rings. The van der Waals surface area contributed by atoms with Gasteiger partial charge in [0.05, 0.1) is 0 Å². The van der Waals surface area contributed by atoms with E-state index in [1.165, 1.54) is 64.8 Å². The van der Waals surface area contributed by atoms with Crippen molar-refractivity contribution < 1.29 is 0 Å². The van der Waals surface area contributed by atoms with Crippen molar-refractivity contribution in [2.75, 3.05) is 46.8 Å². The monoisotopic (exact) mass is 241 g/mol. The molecular formula is C14H31N3. The molecule has 0 aromatic carbocycles. The topological polar surface area (TPSA) is 18.5 Å². The Morgan fingerprint density at radius 1 is 1.12 bits per heavy atom. The lowest BCUT2D eigenvalue weighted by Gasteiger charge is -2.35. The third-order valence-corrected chi connectivity index (χ3v) is 3.79. The molecule has 1 N–H and O–H groups in total. The van der Waals surface area contributed by atoms with Crippen LogP contribution in [0, 0.1) is 0 Å². The van der Waals surface area contributed by atoms with Crippen LogP contribution in [-0.4, -0.2) is 62.7 Å². The summed E-state index contributed by atoms with van der Waals surface area (Å²) in [6, 6.07) is 0.817. The summed E-state index contributed by atoms with van der Waals surface area (Å²) in [7, 11) is 4.42. The molecule has 0 aromatic rings. The fourth-order valence-corrected chi connectivity index (χ4v) is 2.55. The average Bonchev–Trinajstić information content (AvgIpc) is 2.34. The van der Waals surface area contributed by atoms with Crippen molar-refractivity contribution in [3.8, 4) is 0 Å². The third-order valence-electron chi connectivity index (χ3n) is 3.79.